The zero-order valence-electron chi connectivity index (χ0n) is 12.5. The van der Waals surface area contributed by atoms with Crippen molar-refractivity contribution in [1.82, 2.24) is 10.2 Å². The van der Waals surface area contributed by atoms with Gasteiger partial charge in [-0.2, -0.15) is 0 Å². The summed E-state index contributed by atoms with van der Waals surface area (Å²) in [7, 11) is 0. The number of hydrogen-bond donors (Lipinski definition) is 1. The smallest absolute Gasteiger partial charge is 0.225 e. The van der Waals surface area contributed by atoms with Crippen molar-refractivity contribution in [3.05, 3.63) is 34.6 Å². The highest BCUT2D eigenvalue weighted by molar-refractivity contribution is 6.30. The van der Waals surface area contributed by atoms with E-state index >= 15 is 0 Å². The molecule has 4 nitrogen and oxygen atoms in total. The molecule has 2 aliphatic rings. The van der Waals surface area contributed by atoms with Gasteiger partial charge in [-0.3, -0.25) is 4.79 Å². The number of benzene rings is 1. The van der Waals surface area contributed by atoms with Gasteiger partial charge in [-0.05, 0) is 36.7 Å². The Morgan fingerprint density at radius 1 is 1.50 bits per heavy atom. The van der Waals surface area contributed by atoms with E-state index in [0.29, 0.717) is 25.6 Å². The molecule has 0 bridgehead atoms. The first-order chi connectivity index (χ1) is 10.6. The van der Waals surface area contributed by atoms with Crippen LogP contribution in [0.15, 0.2) is 18.2 Å². The number of rotatable bonds is 3. The van der Waals surface area contributed by atoms with Crippen molar-refractivity contribution in [3.63, 3.8) is 0 Å². The van der Waals surface area contributed by atoms with Gasteiger partial charge in [0.05, 0.1) is 18.2 Å². The molecule has 3 rings (SSSR count). The number of morpholine rings is 1. The summed E-state index contributed by atoms with van der Waals surface area (Å²) in [6.07, 6.45) is -0.248. The predicted octanol–water partition coefficient (Wildman–Crippen LogP) is 2.23. The molecule has 0 saturated carbocycles. The average molecular weight is 327 g/mol. The van der Waals surface area contributed by atoms with Gasteiger partial charge in [0.15, 0.2) is 0 Å². The van der Waals surface area contributed by atoms with Crippen LogP contribution in [0.2, 0.25) is 5.02 Å². The average Bonchev–Trinajstić information content (AvgIpc) is 2.47. The molecular weight excluding hydrogens is 307 g/mol. The lowest BCUT2D eigenvalue weighted by atomic mass is 9.87. The van der Waals surface area contributed by atoms with E-state index in [1.807, 2.05) is 11.8 Å². The fourth-order valence-electron chi connectivity index (χ4n) is 2.92. The second-order valence-electron chi connectivity index (χ2n) is 6.02. The van der Waals surface area contributed by atoms with Gasteiger partial charge >= 0.3 is 0 Å². The van der Waals surface area contributed by atoms with Crippen molar-refractivity contribution in [1.29, 1.82) is 0 Å². The Hall–Kier alpha value is -1.17. The van der Waals surface area contributed by atoms with E-state index in [1.165, 1.54) is 6.07 Å². The van der Waals surface area contributed by atoms with Crippen LogP contribution in [0.25, 0.3) is 0 Å². The lowest BCUT2D eigenvalue weighted by Gasteiger charge is -2.38. The summed E-state index contributed by atoms with van der Waals surface area (Å²) in [6.45, 7) is 5.40. The third-order valence-electron chi connectivity index (χ3n) is 4.60. The number of hydrogen-bond acceptors (Lipinski definition) is 3. The minimum Gasteiger partial charge on any atom is -0.370 e. The van der Waals surface area contributed by atoms with Crippen LogP contribution in [0.5, 0.6) is 0 Å². The van der Waals surface area contributed by atoms with Gasteiger partial charge in [0.25, 0.3) is 0 Å². The summed E-state index contributed by atoms with van der Waals surface area (Å²) in [5.74, 6) is 0.180. The summed E-state index contributed by atoms with van der Waals surface area (Å²) < 4.78 is 19.0. The Labute approximate surface area is 134 Å². The van der Waals surface area contributed by atoms with Crippen LogP contribution in [-0.4, -0.2) is 43.6 Å². The molecule has 6 heteroatoms. The summed E-state index contributed by atoms with van der Waals surface area (Å²) in [6, 6.07) is 4.58. The number of ether oxygens (including phenoxy) is 1. The van der Waals surface area contributed by atoms with Crippen LogP contribution in [0.3, 0.4) is 0 Å². The maximum Gasteiger partial charge on any atom is 0.225 e. The number of nitrogens with zero attached hydrogens (tertiary/aromatic N) is 1. The van der Waals surface area contributed by atoms with Gasteiger partial charge in [0, 0.05) is 12.5 Å². The molecule has 2 saturated heterocycles. The largest absolute Gasteiger partial charge is 0.370 e. The van der Waals surface area contributed by atoms with Gasteiger partial charge in [0.2, 0.25) is 5.91 Å². The highest BCUT2D eigenvalue weighted by Gasteiger charge is 2.34. The Balaban J connectivity index is 1.68. The normalized spacial score (nSPS) is 24.0. The van der Waals surface area contributed by atoms with Crippen LogP contribution in [0, 0.1) is 17.7 Å². The zero-order chi connectivity index (χ0) is 15.7. The van der Waals surface area contributed by atoms with Gasteiger partial charge in [-0.1, -0.05) is 24.6 Å². The molecule has 1 N–H and O–H groups in total. The SMILES string of the molecule is CC(C(=O)N1CCOC(c2ccc(F)c(Cl)c2)C1)C1CNC1. The first-order valence-electron chi connectivity index (χ1n) is 7.62. The van der Waals surface area contributed by atoms with Crippen molar-refractivity contribution < 1.29 is 13.9 Å². The van der Waals surface area contributed by atoms with Gasteiger partial charge in [-0.15, -0.1) is 0 Å². The fraction of sp³-hybridized carbons (Fsp3) is 0.562. The van der Waals surface area contributed by atoms with E-state index in [9.17, 15) is 9.18 Å². The Morgan fingerprint density at radius 2 is 2.27 bits per heavy atom. The van der Waals surface area contributed by atoms with E-state index in [2.05, 4.69) is 5.32 Å². The number of carbonyl (C=O) groups excluding carboxylic acids is 1. The minimum atomic E-state index is -0.444. The molecule has 120 valence electrons. The summed E-state index contributed by atoms with van der Waals surface area (Å²) in [5, 5.41) is 3.28. The van der Waals surface area contributed by atoms with Crippen LogP contribution >= 0.6 is 11.6 Å². The number of amides is 1. The summed E-state index contributed by atoms with van der Waals surface area (Å²) in [5.41, 5.74) is 0.807. The van der Waals surface area contributed by atoms with E-state index in [-0.39, 0.29) is 23.0 Å². The van der Waals surface area contributed by atoms with E-state index in [4.69, 9.17) is 16.3 Å². The van der Waals surface area contributed by atoms with Crippen LogP contribution in [-0.2, 0) is 9.53 Å². The van der Waals surface area contributed by atoms with E-state index in [1.54, 1.807) is 12.1 Å². The molecule has 1 aromatic carbocycles. The molecule has 0 aromatic heterocycles. The molecule has 0 radical (unpaired) electrons. The van der Waals surface area contributed by atoms with Crippen molar-refractivity contribution in [2.24, 2.45) is 11.8 Å². The van der Waals surface area contributed by atoms with Gasteiger partial charge in [-0.25, -0.2) is 4.39 Å². The maximum absolute atomic E-state index is 13.3. The molecule has 1 aromatic rings. The molecule has 2 heterocycles. The number of halogens is 2. The molecule has 0 aliphatic carbocycles. The molecule has 0 spiro atoms. The first-order valence-corrected chi connectivity index (χ1v) is 8.00. The molecule has 1 amide bonds. The van der Waals surface area contributed by atoms with E-state index in [0.717, 1.165) is 18.7 Å². The maximum atomic E-state index is 13.3. The van der Waals surface area contributed by atoms with Gasteiger partial charge < -0.3 is 15.0 Å². The molecule has 2 atom stereocenters. The second kappa shape index (κ2) is 6.52. The number of nitrogens with one attached hydrogen (secondary N) is 1. The van der Waals surface area contributed by atoms with Gasteiger partial charge in [0.1, 0.15) is 11.9 Å². The lowest BCUT2D eigenvalue weighted by molar-refractivity contribution is -0.145. The Morgan fingerprint density at radius 3 is 2.91 bits per heavy atom. The second-order valence-corrected chi connectivity index (χ2v) is 6.43. The molecular formula is C16H20ClFN2O2. The minimum absolute atomic E-state index is 0.0248. The zero-order valence-corrected chi connectivity index (χ0v) is 13.3. The highest BCUT2D eigenvalue weighted by atomic mass is 35.5. The molecule has 2 fully saturated rings. The fourth-order valence-corrected chi connectivity index (χ4v) is 3.11. The van der Waals surface area contributed by atoms with Crippen molar-refractivity contribution in [2.75, 3.05) is 32.8 Å². The van der Waals surface area contributed by atoms with Crippen molar-refractivity contribution >= 4 is 17.5 Å². The quantitative estimate of drug-likeness (QED) is 0.926. The molecule has 22 heavy (non-hydrogen) atoms. The highest BCUT2D eigenvalue weighted by Crippen LogP contribution is 2.28. The number of carbonyl (C=O) groups is 1. The lowest BCUT2D eigenvalue weighted by Crippen LogP contribution is -2.52. The van der Waals surface area contributed by atoms with Crippen LogP contribution < -0.4 is 5.32 Å². The van der Waals surface area contributed by atoms with E-state index < -0.39 is 5.82 Å². The Kier molecular flexibility index (Phi) is 4.66. The molecule has 2 aliphatic heterocycles. The Bertz CT molecular complexity index is 565. The van der Waals surface area contributed by atoms with Crippen LogP contribution in [0.4, 0.5) is 4.39 Å². The molecule has 2 unspecified atom stereocenters. The van der Waals surface area contributed by atoms with Crippen molar-refractivity contribution in [3.8, 4) is 0 Å². The monoisotopic (exact) mass is 326 g/mol. The first kappa shape index (κ1) is 15.7. The topological polar surface area (TPSA) is 41.6 Å². The summed E-state index contributed by atoms with van der Waals surface area (Å²) >= 11 is 5.83. The third kappa shape index (κ3) is 3.12. The summed E-state index contributed by atoms with van der Waals surface area (Å²) in [4.78, 5) is 14.4. The van der Waals surface area contributed by atoms with Crippen LogP contribution in [0.1, 0.15) is 18.6 Å². The predicted molar refractivity (Wildman–Crippen MR) is 82.2 cm³/mol. The standard InChI is InChI=1S/C16H20ClFN2O2/c1-10(12-7-19-8-12)16(21)20-4-5-22-15(9-20)11-2-3-14(18)13(17)6-11/h2-3,6,10,12,15,19H,4-5,7-9H2,1H3. The van der Waals surface area contributed by atoms with Crippen molar-refractivity contribution in [2.45, 2.75) is 13.0 Å². The third-order valence-corrected chi connectivity index (χ3v) is 4.89.